The van der Waals surface area contributed by atoms with Crippen LogP contribution in [0.4, 0.5) is 4.39 Å². The van der Waals surface area contributed by atoms with Crippen LogP contribution in [0.1, 0.15) is 31.7 Å². The first kappa shape index (κ1) is 18.2. The monoisotopic (exact) mass is 334 g/mol. The quantitative estimate of drug-likeness (QED) is 0.641. The number of nitrogens with one attached hydrogen (secondary N) is 1. The average molecular weight is 334 g/mol. The normalized spacial score (nSPS) is 14.8. The van der Waals surface area contributed by atoms with Gasteiger partial charge in [0.25, 0.3) is 0 Å². The molecule has 1 saturated heterocycles. The van der Waals surface area contributed by atoms with Crippen molar-refractivity contribution in [2.75, 3.05) is 33.2 Å². The number of likely N-dealkylation sites (tertiary alicyclic amines) is 1. The second kappa shape index (κ2) is 9.25. The van der Waals surface area contributed by atoms with Crippen LogP contribution in [0.25, 0.3) is 0 Å². The predicted octanol–water partition coefficient (Wildman–Crippen LogP) is 2.24. The van der Waals surface area contributed by atoms with Crippen LogP contribution in [0.5, 0.6) is 0 Å². The van der Waals surface area contributed by atoms with Crippen molar-refractivity contribution in [1.29, 1.82) is 0 Å². The van der Waals surface area contributed by atoms with E-state index in [1.807, 2.05) is 23.8 Å². The van der Waals surface area contributed by atoms with Crippen molar-refractivity contribution in [2.24, 2.45) is 4.99 Å². The molecule has 1 aromatic carbocycles. The molecule has 1 aliphatic rings. The van der Waals surface area contributed by atoms with Crippen LogP contribution in [-0.4, -0.2) is 54.9 Å². The van der Waals surface area contributed by atoms with Gasteiger partial charge in [0.1, 0.15) is 5.82 Å². The van der Waals surface area contributed by atoms with E-state index in [0.29, 0.717) is 19.5 Å². The molecule has 0 unspecified atom stereocenters. The Labute approximate surface area is 143 Å². The molecule has 0 bridgehead atoms. The van der Waals surface area contributed by atoms with Gasteiger partial charge in [-0.2, -0.15) is 0 Å². The molecule has 1 N–H and O–H groups in total. The summed E-state index contributed by atoms with van der Waals surface area (Å²) in [6, 6.07) is 6.46. The van der Waals surface area contributed by atoms with Gasteiger partial charge in [0.2, 0.25) is 5.91 Å². The molecule has 0 spiro atoms. The van der Waals surface area contributed by atoms with E-state index < -0.39 is 0 Å². The van der Waals surface area contributed by atoms with Crippen LogP contribution in [0.2, 0.25) is 0 Å². The molecule has 1 aromatic rings. The number of carbonyl (C=O) groups is 1. The van der Waals surface area contributed by atoms with Crippen molar-refractivity contribution in [3.63, 3.8) is 0 Å². The van der Waals surface area contributed by atoms with E-state index in [2.05, 4.69) is 10.3 Å². The van der Waals surface area contributed by atoms with Crippen LogP contribution < -0.4 is 5.32 Å². The number of rotatable bonds is 6. The topological polar surface area (TPSA) is 47.9 Å². The lowest BCUT2D eigenvalue weighted by Crippen LogP contribution is -2.38. The van der Waals surface area contributed by atoms with Crippen molar-refractivity contribution in [3.05, 3.63) is 35.6 Å². The standard InChI is InChI=1S/C18H27FN4O/c1-3-20-18(21-11-10-17(24)23-12-4-5-13-23)22(2)14-15-6-8-16(19)9-7-15/h6-9H,3-5,10-14H2,1-2H3,(H,20,21). The zero-order valence-corrected chi connectivity index (χ0v) is 14.6. The van der Waals surface area contributed by atoms with Gasteiger partial charge in [0.05, 0.1) is 6.54 Å². The van der Waals surface area contributed by atoms with Crippen LogP contribution in [0.15, 0.2) is 29.3 Å². The molecular weight excluding hydrogens is 307 g/mol. The molecule has 5 nitrogen and oxygen atoms in total. The van der Waals surface area contributed by atoms with E-state index in [-0.39, 0.29) is 11.7 Å². The second-order valence-corrected chi connectivity index (χ2v) is 6.06. The summed E-state index contributed by atoms with van der Waals surface area (Å²) in [7, 11) is 1.94. The molecule has 1 heterocycles. The Kier molecular flexibility index (Phi) is 7.03. The highest BCUT2D eigenvalue weighted by Gasteiger charge is 2.17. The third-order valence-electron chi connectivity index (χ3n) is 4.08. The van der Waals surface area contributed by atoms with Crippen LogP contribution >= 0.6 is 0 Å². The summed E-state index contributed by atoms with van der Waals surface area (Å²) in [5.41, 5.74) is 1.01. The van der Waals surface area contributed by atoms with Gasteiger partial charge in [-0.1, -0.05) is 12.1 Å². The minimum atomic E-state index is -0.234. The molecule has 0 atom stereocenters. The van der Waals surface area contributed by atoms with E-state index in [1.54, 1.807) is 12.1 Å². The van der Waals surface area contributed by atoms with Crippen molar-refractivity contribution in [1.82, 2.24) is 15.1 Å². The number of hydrogen-bond donors (Lipinski definition) is 1. The largest absolute Gasteiger partial charge is 0.357 e. The van der Waals surface area contributed by atoms with Gasteiger partial charge in [-0.25, -0.2) is 4.39 Å². The summed E-state index contributed by atoms with van der Waals surface area (Å²) in [5.74, 6) is 0.715. The fourth-order valence-electron chi connectivity index (χ4n) is 2.79. The number of nitrogens with zero attached hydrogens (tertiary/aromatic N) is 3. The SMILES string of the molecule is CCNC(=NCCC(=O)N1CCCC1)N(C)Cc1ccc(F)cc1. The Balaban J connectivity index is 1.88. The molecule has 0 aromatic heterocycles. The smallest absolute Gasteiger partial charge is 0.224 e. The third-order valence-corrected chi connectivity index (χ3v) is 4.08. The second-order valence-electron chi connectivity index (χ2n) is 6.06. The first-order valence-electron chi connectivity index (χ1n) is 8.62. The number of halogens is 1. The summed E-state index contributed by atoms with van der Waals surface area (Å²) >= 11 is 0. The maximum atomic E-state index is 13.0. The summed E-state index contributed by atoms with van der Waals surface area (Å²) in [6.45, 7) is 5.64. The number of hydrogen-bond acceptors (Lipinski definition) is 2. The molecule has 2 rings (SSSR count). The molecule has 132 valence electrons. The zero-order valence-electron chi connectivity index (χ0n) is 14.6. The van der Waals surface area contributed by atoms with E-state index in [9.17, 15) is 9.18 Å². The summed E-state index contributed by atoms with van der Waals surface area (Å²) in [4.78, 5) is 20.5. The minimum Gasteiger partial charge on any atom is -0.357 e. The summed E-state index contributed by atoms with van der Waals surface area (Å²) in [5, 5.41) is 3.23. The molecule has 1 amide bonds. The first-order valence-corrected chi connectivity index (χ1v) is 8.62. The maximum absolute atomic E-state index is 13.0. The van der Waals surface area contributed by atoms with E-state index in [4.69, 9.17) is 0 Å². The Morgan fingerprint density at radius 2 is 1.96 bits per heavy atom. The lowest BCUT2D eigenvalue weighted by Gasteiger charge is -2.22. The Morgan fingerprint density at radius 1 is 1.29 bits per heavy atom. The molecule has 0 aliphatic carbocycles. The summed E-state index contributed by atoms with van der Waals surface area (Å²) in [6.07, 6.45) is 2.66. The zero-order chi connectivity index (χ0) is 17.4. The van der Waals surface area contributed by atoms with Gasteiger partial charge in [-0.15, -0.1) is 0 Å². The number of benzene rings is 1. The van der Waals surface area contributed by atoms with Gasteiger partial charge in [-0.05, 0) is 37.5 Å². The molecule has 24 heavy (non-hydrogen) atoms. The van der Waals surface area contributed by atoms with E-state index in [0.717, 1.165) is 44.0 Å². The van der Waals surface area contributed by atoms with E-state index >= 15 is 0 Å². The molecular formula is C18H27FN4O. The minimum absolute atomic E-state index is 0.188. The van der Waals surface area contributed by atoms with Gasteiger partial charge in [0.15, 0.2) is 5.96 Å². The number of amides is 1. The highest BCUT2D eigenvalue weighted by Crippen LogP contribution is 2.09. The fraction of sp³-hybridized carbons (Fsp3) is 0.556. The van der Waals surface area contributed by atoms with Gasteiger partial charge >= 0.3 is 0 Å². The van der Waals surface area contributed by atoms with Gasteiger partial charge in [0, 0.05) is 39.6 Å². The van der Waals surface area contributed by atoms with E-state index in [1.165, 1.54) is 12.1 Å². The van der Waals surface area contributed by atoms with Gasteiger partial charge < -0.3 is 15.1 Å². The fourth-order valence-corrected chi connectivity index (χ4v) is 2.79. The highest BCUT2D eigenvalue weighted by molar-refractivity contribution is 5.80. The Morgan fingerprint density at radius 3 is 2.58 bits per heavy atom. The highest BCUT2D eigenvalue weighted by atomic mass is 19.1. The summed E-state index contributed by atoms with van der Waals surface area (Å²) < 4.78 is 13.0. The molecule has 0 radical (unpaired) electrons. The lowest BCUT2D eigenvalue weighted by molar-refractivity contribution is -0.129. The Bertz CT molecular complexity index is 553. The van der Waals surface area contributed by atoms with Crippen LogP contribution in [-0.2, 0) is 11.3 Å². The number of guanidine groups is 1. The van der Waals surface area contributed by atoms with Crippen molar-refractivity contribution in [2.45, 2.75) is 32.7 Å². The van der Waals surface area contributed by atoms with Crippen molar-refractivity contribution in [3.8, 4) is 0 Å². The van der Waals surface area contributed by atoms with Gasteiger partial charge in [-0.3, -0.25) is 9.79 Å². The van der Waals surface area contributed by atoms with Crippen LogP contribution in [0, 0.1) is 5.82 Å². The molecule has 6 heteroatoms. The number of aliphatic imine (C=N–C) groups is 1. The van der Waals surface area contributed by atoms with Crippen molar-refractivity contribution >= 4 is 11.9 Å². The van der Waals surface area contributed by atoms with Crippen molar-refractivity contribution < 1.29 is 9.18 Å². The first-order chi connectivity index (χ1) is 11.6. The third kappa shape index (κ3) is 5.51. The molecule has 1 fully saturated rings. The average Bonchev–Trinajstić information content (AvgIpc) is 3.10. The molecule has 0 saturated carbocycles. The number of carbonyl (C=O) groups excluding carboxylic acids is 1. The predicted molar refractivity (Wildman–Crippen MR) is 94.3 cm³/mol. The lowest BCUT2D eigenvalue weighted by atomic mass is 10.2. The van der Waals surface area contributed by atoms with Crippen LogP contribution in [0.3, 0.4) is 0 Å². The molecule has 1 aliphatic heterocycles. The Hall–Kier alpha value is -2.11. The maximum Gasteiger partial charge on any atom is 0.224 e.